The Labute approximate surface area is 172 Å². The molecule has 0 amide bonds. The van der Waals surface area contributed by atoms with Gasteiger partial charge < -0.3 is 4.57 Å². The fourth-order valence-corrected chi connectivity index (χ4v) is 5.49. The number of pyridine rings is 1. The summed E-state index contributed by atoms with van der Waals surface area (Å²) in [6.45, 7) is 6.13. The molecule has 2 atom stereocenters. The molecule has 0 radical (unpaired) electrons. The van der Waals surface area contributed by atoms with Crippen LogP contribution in [0.4, 0.5) is 0 Å². The fourth-order valence-electron chi connectivity index (χ4n) is 5.49. The van der Waals surface area contributed by atoms with E-state index in [2.05, 4.69) is 57.8 Å². The lowest BCUT2D eigenvalue weighted by Crippen LogP contribution is -2.38. The molecule has 1 aromatic carbocycles. The van der Waals surface area contributed by atoms with E-state index in [0.717, 1.165) is 31.6 Å². The maximum Gasteiger partial charge on any atom is 0.0635 e. The third-order valence-electron chi connectivity index (χ3n) is 6.85. The zero-order chi connectivity index (χ0) is 20.0. The maximum atomic E-state index is 9.11. The molecule has 2 bridgehead atoms. The predicted octanol–water partition coefficient (Wildman–Crippen LogP) is 4.87. The highest BCUT2D eigenvalue weighted by atomic mass is 15.2. The summed E-state index contributed by atoms with van der Waals surface area (Å²) in [6.07, 6.45) is 7.23. The van der Waals surface area contributed by atoms with Gasteiger partial charge in [0.1, 0.15) is 0 Å². The van der Waals surface area contributed by atoms with Gasteiger partial charge >= 0.3 is 0 Å². The van der Waals surface area contributed by atoms with Crippen molar-refractivity contribution >= 4 is 10.9 Å². The molecule has 4 heterocycles. The minimum absolute atomic E-state index is 0.476. The minimum Gasteiger partial charge on any atom is -0.344 e. The van der Waals surface area contributed by atoms with Crippen LogP contribution >= 0.6 is 0 Å². The van der Waals surface area contributed by atoms with Crippen LogP contribution in [0.25, 0.3) is 10.9 Å². The SMILES string of the molecule is Cc1ccc2c(c1)c1c(n2CCc2ccc(C)nc2)CC2CCC1N2CCC#N. The molecule has 5 rings (SSSR count). The van der Waals surface area contributed by atoms with Gasteiger partial charge in [-0.15, -0.1) is 0 Å². The Morgan fingerprint density at radius 1 is 1.14 bits per heavy atom. The lowest BCUT2D eigenvalue weighted by atomic mass is 9.96. The molecule has 29 heavy (non-hydrogen) atoms. The van der Waals surface area contributed by atoms with Crippen LogP contribution in [0.15, 0.2) is 36.5 Å². The first-order valence-corrected chi connectivity index (χ1v) is 10.8. The van der Waals surface area contributed by atoms with Crippen molar-refractivity contribution in [2.75, 3.05) is 6.54 Å². The average Bonchev–Trinajstić information content (AvgIpc) is 3.17. The zero-order valence-electron chi connectivity index (χ0n) is 17.4. The van der Waals surface area contributed by atoms with Crippen LogP contribution in [0.5, 0.6) is 0 Å². The van der Waals surface area contributed by atoms with Crippen LogP contribution < -0.4 is 0 Å². The summed E-state index contributed by atoms with van der Waals surface area (Å²) in [5.74, 6) is 0. The molecule has 2 aliphatic rings. The van der Waals surface area contributed by atoms with Gasteiger partial charge in [0.25, 0.3) is 0 Å². The van der Waals surface area contributed by atoms with Crippen LogP contribution in [0.3, 0.4) is 0 Å². The maximum absolute atomic E-state index is 9.11. The van der Waals surface area contributed by atoms with Crippen molar-refractivity contribution in [2.45, 2.75) is 64.6 Å². The van der Waals surface area contributed by atoms with Crippen LogP contribution in [0.1, 0.15) is 53.4 Å². The van der Waals surface area contributed by atoms with Gasteiger partial charge in [0.05, 0.1) is 6.07 Å². The van der Waals surface area contributed by atoms with Gasteiger partial charge in [-0.1, -0.05) is 17.7 Å². The van der Waals surface area contributed by atoms with Gasteiger partial charge in [0, 0.05) is 66.5 Å². The molecule has 0 N–H and O–H groups in total. The van der Waals surface area contributed by atoms with Gasteiger partial charge in [-0.25, -0.2) is 0 Å². The largest absolute Gasteiger partial charge is 0.344 e. The molecule has 4 nitrogen and oxygen atoms in total. The molecule has 148 valence electrons. The molecular weight excluding hydrogens is 356 g/mol. The molecule has 2 aromatic heterocycles. The van der Waals surface area contributed by atoms with Crippen molar-refractivity contribution in [2.24, 2.45) is 0 Å². The number of nitrogens with zero attached hydrogens (tertiary/aromatic N) is 4. The Bertz CT molecular complexity index is 1090. The van der Waals surface area contributed by atoms with E-state index in [1.165, 1.54) is 46.1 Å². The first kappa shape index (κ1) is 18.4. The Balaban J connectivity index is 1.55. The summed E-state index contributed by atoms with van der Waals surface area (Å²) < 4.78 is 2.58. The Morgan fingerprint density at radius 2 is 2.03 bits per heavy atom. The van der Waals surface area contributed by atoms with Gasteiger partial charge in [0.15, 0.2) is 0 Å². The second kappa shape index (κ2) is 7.31. The Kier molecular flexibility index (Phi) is 4.64. The van der Waals surface area contributed by atoms with E-state index < -0.39 is 0 Å². The van der Waals surface area contributed by atoms with E-state index in [1.54, 1.807) is 0 Å². The summed E-state index contributed by atoms with van der Waals surface area (Å²) in [4.78, 5) is 7.08. The zero-order valence-corrected chi connectivity index (χ0v) is 17.4. The van der Waals surface area contributed by atoms with Crippen molar-refractivity contribution in [1.29, 1.82) is 5.26 Å². The lowest BCUT2D eigenvalue weighted by molar-refractivity contribution is 0.180. The van der Waals surface area contributed by atoms with E-state index in [1.807, 2.05) is 13.1 Å². The first-order chi connectivity index (χ1) is 14.2. The molecule has 0 spiro atoms. The molecular formula is C25H28N4. The first-order valence-electron chi connectivity index (χ1n) is 10.8. The van der Waals surface area contributed by atoms with Gasteiger partial charge in [-0.2, -0.15) is 5.26 Å². The van der Waals surface area contributed by atoms with Crippen LogP contribution in [-0.4, -0.2) is 27.0 Å². The third-order valence-corrected chi connectivity index (χ3v) is 6.85. The number of nitriles is 1. The van der Waals surface area contributed by atoms with E-state index in [4.69, 9.17) is 5.26 Å². The number of rotatable bonds is 5. The topological polar surface area (TPSA) is 44.9 Å². The van der Waals surface area contributed by atoms with Gasteiger partial charge in [0.2, 0.25) is 0 Å². The molecule has 1 saturated heterocycles. The number of benzene rings is 1. The monoisotopic (exact) mass is 384 g/mol. The highest BCUT2D eigenvalue weighted by Crippen LogP contribution is 2.47. The average molecular weight is 385 g/mol. The summed E-state index contributed by atoms with van der Waals surface area (Å²) in [5, 5.41) is 10.5. The summed E-state index contributed by atoms with van der Waals surface area (Å²) in [6, 6.07) is 14.6. The highest BCUT2D eigenvalue weighted by molar-refractivity contribution is 5.87. The molecule has 4 heteroatoms. The Morgan fingerprint density at radius 3 is 2.83 bits per heavy atom. The van der Waals surface area contributed by atoms with Crippen molar-refractivity contribution in [3.63, 3.8) is 0 Å². The van der Waals surface area contributed by atoms with Crippen molar-refractivity contribution in [1.82, 2.24) is 14.5 Å². The standard InChI is InChI=1S/C25H28N4/c1-17-4-8-22-21(14-17)25-23-9-7-20(28(23)12-3-11-26)15-24(25)29(22)13-10-19-6-5-18(2)27-16-19/h4-6,8,14,16,20,23H,3,7,9-10,12-13,15H2,1-2H3. The van der Waals surface area contributed by atoms with E-state index in [9.17, 15) is 0 Å². The molecule has 0 aliphatic carbocycles. The minimum atomic E-state index is 0.476. The number of aromatic nitrogens is 2. The highest BCUT2D eigenvalue weighted by Gasteiger charge is 2.42. The number of fused-ring (bicyclic) bond motifs is 6. The Hall–Kier alpha value is -2.64. The van der Waals surface area contributed by atoms with E-state index in [0.29, 0.717) is 18.5 Å². The third kappa shape index (κ3) is 3.14. The molecule has 3 aromatic rings. The van der Waals surface area contributed by atoms with Gasteiger partial charge in [-0.05, 0) is 62.4 Å². The predicted molar refractivity (Wildman–Crippen MR) is 116 cm³/mol. The number of hydrogen-bond donors (Lipinski definition) is 0. The van der Waals surface area contributed by atoms with Crippen LogP contribution in [-0.2, 0) is 19.4 Å². The van der Waals surface area contributed by atoms with E-state index in [-0.39, 0.29) is 0 Å². The smallest absolute Gasteiger partial charge is 0.0635 e. The second-order valence-corrected chi connectivity index (χ2v) is 8.69. The quantitative estimate of drug-likeness (QED) is 0.630. The molecule has 1 fully saturated rings. The second-order valence-electron chi connectivity index (χ2n) is 8.69. The van der Waals surface area contributed by atoms with Gasteiger partial charge in [-0.3, -0.25) is 9.88 Å². The molecule has 0 saturated carbocycles. The lowest BCUT2D eigenvalue weighted by Gasteiger charge is -2.35. The van der Waals surface area contributed by atoms with Crippen LogP contribution in [0.2, 0.25) is 0 Å². The van der Waals surface area contributed by atoms with Crippen molar-refractivity contribution < 1.29 is 0 Å². The van der Waals surface area contributed by atoms with Crippen LogP contribution in [0, 0.1) is 25.2 Å². The number of aryl methyl sites for hydroxylation is 4. The molecule has 2 unspecified atom stereocenters. The molecule has 2 aliphatic heterocycles. The van der Waals surface area contributed by atoms with Crippen molar-refractivity contribution in [3.05, 3.63) is 64.6 Å². The normalized spacial score (nSPS) is 20.7. The van der Waals surface area contributed by atoms with Crippen molar-refractivity contribution in [3.8, 4) is 6.07 Å². The fraction of sp³-hybridized carbons (Fsp3) is 0.440. The number of hydrogen-bond acceptors (Lipinski definition) is 3. The van der Waals surface area contributed by atoms with E-state index >= 15 is 0 Å². The summed E-state index contributed by atoms with van der Waals surface area (Å²) in [7, 11) is 0. The summed E-state index contributed by atoms with van der Waals surface area (Å²) >= 11 is 0. The summed E-state index contributed by atoms with van der Waals surface area (Å²) in [5.41, 5.74) is 8.14.